The lowest BCUT2D eigenvalue weighted by molar-refractivity contribution is -0.143. The summed E-state index contributed by atoms with van der Waals surface area (Å²) in [5.74, 6) is -0.101. The molecular weight excluding hydrogens is 343 g/mol. The van der Waals surface area contributed by atoms with Crippen molar-refractivity contribution in [3.05, 3.63) is 58.1 Å². The molecule has 0 fully saturated rings. The van der Waals surface area contributed by atoms with Gasteiger partial charge in [-0.15, -0.1) is 0 Å². The fraction of sp³-hybridized carbons (Fsp3) is 0.350. The molecule has 0 amide bonds. The van der Waals surface area contributed by atoms with Gasteiger partial charge in [0.25, 0.3) is 0 Å². The third-order valence-electron chi connectivity index (χ3n) is 3.81. The highest BCUT2D eigenvalue weighted by molar-refractivity contribution is 6.42. The van der Waals surface area contributed by atoms with Gasteiger partial charge in [0.2, 0.25) is 0 Å². The number of hydrogen-bond donors (Lipinski definition) is 0. The molecule has 0 aliphatic carbocycles. The van der Waals surface area contributed by atoms with Crippen LogP contribution in [0.15, 0.2) is 42.5 Å². The first-order chi connectivity index (χ1) is 11.6. The molecule has 0 saturated carbocycles. The van der Waals surface area contributed by atoms with Gasteiger partial charge < -0.3 is 4.74 Å². The van der Waals surface area contributed by atoms with Crippen molar-refractivity contribution in [2.45, 2.75) is 39.0 Å². The van der Waals surface area contributed by atoms with Gasteiger partial charge >= 0.3 is 5.97 Å². The van der Waals surface area contributed by atoms with Crippen LogP contribution < -0.4 is 0 Å². The molecule has 2 nitrogen and oxygen atoms in total. The molecule has 2 rings (SSSR count). The van der Waals surface area contributed by atoms with E-state index in [-0.39, 0.29) is 5.97 Å². The minimum Gasteiger partial charge on any atom is -0.466 e. The van der Waals surface area contributed by atoms with E-state index in [0.717, 1.165) is 36.8 Å². The van der Waals surface area contributed by atoms with Crippen LogP contribution in [-0.4, -0.2) is 12.6 Å². The SMILES string of the molecule is CCCCOC(=O)CCCc1ccc(-c2ccc(Cl)c(Cl)c2)cc1. The molecule has 0 bridgehead atoms. The van der Waals surface area contributed by atoms with Crippen molar-refractivity contribution in [3.63, 3.8) is 0 Å². The number of carbonyl (C=O) groups is 1. The molecule has 0 radical (unpaired) electrons. The van der Waals surface area contributed by atoms with Crippen LogP contribution in [0, 0.1) is 0 Å². The van der Waals surface area contributed by atoms with Gasteiger partial charge in [-0.05, 0) is 48.1 Å². The van der Waals surface area contributed by atoms with Crippen molar-refractivity contribution in [2.75, 3.05) is 6.61 Å². The maximum absolute atomic E-state index is 11.6. The number of rotatable bonds is 8. The van der Waals surface area contributed by atoms with E-state index in [2.05, 4.69) is 31.2 Å². The Labute approximate surface area is 153 Å². The topological polar surface area (TPSA) is 26.3 Å². The average molecular weight is 365 g/mol. The zero-order valence-corrected chi connectivity index (χ0v) is 15.4. The molecule has 0 spiro atoms. The number of halogens is 2. The first kappa shape index (κ1) is 18.8. The second kappa shape index (κ2) is 9.71. The highest BCUT2D eigenvalue weighted by Gasteiger charge is 2.05. The lowest BCUT2D eigenvalue weighted by Gasteiger charge is -2.06. The molecule has 0 aliphatic rings. The summed E-state index contributed by atoms with van der Waals surface area (Å²) in [6.45, 7) is 2.61. The van der Waals surface area contributed by atoms with Crippen LogP contribution in [0.1, 0.15) is 38.2 Å². The molecule has 128 valence electrons. The van der Waals surface area contributed by atoms with Crippen LogP contribution in [0.3, 0.4) is 0 Å². The predicted molar refractivity (Wildman–Crippen MR) is 101 cm³/mol. The summed E-state index contributed by atoms with van der Waals surface area (Å²) in [5, 5.41) is 1.11. The Bertz CT molecular complexity index is 666. The molecule has 24 heavy (non-hydrogen) atoms. The zero-order chi connectivity index (χ0) is 17.4. The van der Waals surface area contributed by atoms with Crippen LogP contribution in [0.2, 0.25) is 10.0 Å². The number of hydrogen-bond acceptors (Lipinski definition) is 2. The fourth-order valence-corrected chi connectivity index (χ4v) is 2.68. The predicted octanol–water partition coefficient (Wildman–Crippen LogP) is 6.33. The Morgan fingerprint density at radius 2 is 1.67 bits per heavy atom. The van der Waals surface area contributed by atoms with Crippen molar-refractivity contribution in [3.8, 4) is 11.1 Å². The van der Waals surface area contributed by atoms with Crippen LogP contribution in [-0.2, 0) is 16.0 Å². The lowest BCUT2D eigenvalue weighted by Crippen LogP contribution is -2.05. The molecular formula is C20H22Cl2O2. The molecule has 0 aliphatic heterocycles. The largest absolute Gasteiger partial charge is 0.466 e. The van der Waals surface area contributed by atoms with Gasteiger partial charge in [0.1, 0.15) is 0 Å². The monoisotopic (exact) mass is 364 g/mol. The van der Waals surface area contributed by atoms with Crippen LogP contribution in [0.25, 0.3) is 11.1 Å². The third kappa shape index (κ3) is 5.85. The molecule has 0 N–H and O–H groups in total. The van der Waals surface area contributed by atoms with Crippen molar-refractivity contribution in [1.82, 2.24) is 0 Å². The summed E-state index contributed by atoms with van der Waals surface area (Å²) in [6, 6.07) is 13.9. The van der Waals surface area contributed by atoms with Gasteiger partial charge in [-0.2, -0.15) is 0 Å². The van der Waals surface area contributed by atoms with E-state index in [0.29, 0.717) is 23.1 Å². The lowest BCUT2D eigenvalue weighted by atomic mass is 10.0. The van der Waals surface area contributed by atoms with Crippen molar-refractivity contribution in [2.24, 2.45) is 0 Å². The van der Waals surface area contributed by atoms with Crippen LogP contribution in [0.5, 0.6) is 0 Å². The Morgan fingerprint density at radius 1 is 0.958 bits per heavy atom. The molecule has 4 heteroatoms. The highest BCUT2D eigenvalue weighted by Crippen LogP contribution is 2.28. The fourth-order valence-electron chi connectivity index (χ4n) is 2.38. The number of benzene rings is 2. The molecule has 0 aromatic heterocycles. The molecule has 0 saturated heterocycles. The normalized spacial score (nSPS) is 10.6. The maximum Gasteiger partial charge on any atom is 0.305 e. The molecule has 0 unspecified atom stereocenters. The van der Waals surface area contributed by atoms with Crippen molar-refractivity contribution < 1.29 is 9.53 Å². The Balaban J connectivity index is 1.84. The third-order valence-corrected chi connectivity index (χ3v) is 4.55. The second-order valence-corrected chi connectivity index (χ2v) is 6.57. The summed E-state index contributed by atoms with van der Waals surface area (Å²) < 4.78 is 5.16. The molecule has 2 aromatic carbocycles. The summed E-state index contributed by atoms with van der Waals surface area (Å²) in [5.41, 5.74) is 3.34. The van der Waals surface area contributed by atoms with Gasteiger partial charge in [0.05, 0.1) is 16.7 Å². The Morgan fingerprint density at radius 3 is 2.33 bits per heavy atom. The van der Waals surface area contributed by atoms with Crippen LogP contribution in [0.4, 0.5) is 0 Å². The summed E-state index contributed by atoms with van der Waals surface area (Å²) in [7, 11) is 0. The Hall–Kier alpha value is -1.51. The number of unbranched alkanes of at least 4 members (excludes halogenated alkanes) is 1. The number of aryl methyl sites for hydroxylation is 1. The van der Waals surface area contributed by atoms with Crippen molar-refractivity contribution >= 4 is 29.2 Å². The molecule has 2 aromatic rings. The standard InChI is InChI=1S/C20H22Cl2O2/c1-2-3-13-24-20(23)6-4-5-15-7-9-16(10-8-15)17-11-12-18(21)19(22)14-17/h7-12,14H,2-6,13H2,1H3. The van der Waals surface area contributed by atoms with Crippen molar-refractivity contribution in [1.29, 1.82) is 0 Å². The number of ether oxygens (including phenoxy) is 1. The quantitative estimate of drug-likeness (QED) is 0.404. The van der Waals surface area contributed by atoms with Crippen LogP contribution >= 0.6 is 23.2 Å². The summed E-state index contributed by atoms with van der Waals surface area (Å²) >= 11 is 12.0. The highest BCUT2D eigenvalue weighted by atomic mass is 35.5. The molecule has 0 heterocycles. The van der Waals surface area contributed by atoms with E-state index in [9.17, 15) is 4.79 Å². The van der Waals surface area contributed by atoms with E-state index >= 15 is 0 Å². The van der Waals surface area contributed by atoms with E-state index in [1.165, 1.54) is 5.56 Å². The van der Waals surface area contributed by atoms with E-state index < -0.39 is 0 Å². The van der Waals surface area contributed by atoms with E-state index in [1.54, 1.807) is 6.07 Å². The molecule has 0 atom stereocenters. The average Bonchev–Trinajstić information content (AvgIpc) is 2.58. The second-order valence-electron chi connectivity index (χ2n) is 5.75. The van der Waals surface area contributed by atoms with E-state index in [4.69, 9.17) is 27.9 Å². The van der Waals surface area contributed by atoms with Gasteiger partial charge in [-0.25, -0.2) is 0 Å². The number of carbonyl (C=O) groups excluding carboxylic acids is 1. The van der Waals surface area contributed by atoms with Gasteiger partial charge in [-0.1, -0.05) is 66.9 Å². The minimum absolute atomic E-state index is 0.101. The zero-order valence-electron chi connectivity index (χ0n) is 13.9. The van der Waals surface area contributed by atoms with Gasteiger partial charge in [0, 0.05) is 6.42 Å². The Kier molecular flexibility index (Phi) is 7.61. The smallest absolute Gasteiger partial charge is 0.305 e. The summed E-state index contributed by atoms with van der Waals surface area (Å²) in [4.78, 5) is 11.6. The van der Waals surface area contributed by atoms with Gasteiger partial charge in [0.15, 0.2) is 0 Å². The summed E-state index contributed by atoms with van der Waals surface area (Å²) in [6.07, 6.45) is 4.11. The minimum atomic E-state index is -0.101. The maximum atomic E-state index is 11.6. The van der Waals surface area contributed by atoms with Gasteiger partial charge in [-0.3, -0.25) is 4.79 Å². The first-order valence-corrected chi connectivity index (χ1v) is 9.05. The number of esters is 1. The van der Waals surface area contributed by atoms with E-state index in [1.807, 2.05) is 12.1 Å². The first-order valence-electron chi connectivity index (χ1n) is 8.30.